The molecule has 0 aromatic heterocycles. The fraction of sp³-hybridized carbons (Fsp3) is 0.240. The minimum Gasteiger partial charge on any atom is -0.435 e. The Bertz CT molecular complexity index is 1220. The third-order valence-corrected chi connectivity index (χ3v) is 6.77. The zero-order valence-corrected chi connectivity index (χ0v) is 19.6. The number of alkyl halides is 2. The van der Waals surface area contributed by atoms with Crippen LogP contribution in [0.2, 0.25) is 0 Å². The second-order valence-corrected chi connectivity index (χ2v) is 9.52. The number of benzene rings is 3. The number of carbonyl (C=O) groups excluding carboxylic acids is 1. The fourth-order valence-corrected chi connectivity index (χ4v) is 4.46. The molecule has 6 nitrogen and oxygen atoms in total. The van der Waals surface area contributed by atoms with E-state index in [0.29, 0.717) is 5.56 Å². The fourth-order valence-electron chi connectivity index (χ4n) is 3.34. The summed E-state index contributed by atoms with van der Waals surface area (Å²) in [5, 5.41) is 2.89. The minimum atomic E-state index is -3.75. The van der Waals surface area contributed by atoms with Gasteiger partial charge in [-0.05, 0) is 60.4 Å². The van der Waals surface area contributed by atoms with E-state index in [1.807, 2.05) is 44.2 Å². The molecule has 3 aromatic rings. The Balaban J connectivity index is 1.67. The first-order valence-electron chi connectivity index (χ1n) is 10.6. The van der Waals surface area contributed by atoms with Crippen LogP contribution in [-0.2, 0) is 14.8 Å². The third-order valence-electron chi connectivity index (χ3n) is 5.31. The van der Waals surface area contributed by atoms with Crippen LogP contribution < -0.4 is 14.8 Å². The van der Waals surface area contributed by atoms with E-state index < -0.39 is 22.7 Å². The first kappa shape index (κ1) is 25.3. The van der Waals surface area contributed by atoms with Crippen LogP contribution in [0.4, 0.5) is 8.78 Å². The summed E-state index contributed by atoms with van der Waals surface area (Å²) in [4.78, 5) is 12.8. The van der Waals surface area contributed by atoms with Gasteiger partial charge in [-0.1, -0.05) is 48.5 Å². The first-order chi connectivity index (χ1) is 16.2. The normalized spacial score (nSPS) is 12.4. The quantitative estimate of drug-likeness (QED) is 0.441. The molecule has 0 heterocycles. The van der Waals surface area contributed by atoms with Gasteiger partial charge in [-0.3, -0.25) is 4.79 Å². The van der Waals surface area contributed by atoms with E-state index in [-0.39, 0.29) is 29.5 Å². The van der Waals surface area contributed by atoms with Crippen LogP contribution in [0.3, 0.4) is 0 Å². The second kappa shape index (κ2) is 11.2. The van der Waals surface area contributed by atoms with Gasteiger partial charge in [-0.25, -0.2) is 13.1 Å². The molecule has 0 bridgehead atoms. The highest BCUT2D eigenvalue weighted by Gasteiger charge is 2.19. The molecule has 1 atom stereocenters. The van der Waals surface area contributed by atoms with Gasteiger partial charge in [0.2, 0.25) is 15.9 Å². The number of hydrogen-bond donors (Lipinski definition) is 2. The Morgan fingerprint density at radius 2 is 1.56 bits per heavy atom. The standard InChI is InChI=1S/C25H26F2N2O4S/c1-17-8-13-22(16-18(17)2)34(31,32)28-15-14-23(30)29-24(19-6-4-3-5-7-19)20-9-11-21(12-10-20)33-25(26)27/h3-13,16,24-25,28H,14-15H2,1-2H3,(H,29,30)/t24-/m0/s1. The Morgan fingerprint density at radius 1 is 0.912 bits per heavy atom. The molecule has 3 rings (SSSR count). The number of halogens is 2. The molecule has 1 amide bonds. The number of amides is 1. The monoisotopic (exact) mass is 488 g/mol. The summed E-state index contributed by atoms with van der Waals surface area (Å²) in [6.07, 6.45) is -0.0833. The van der Waals surface area contributed by atoms with Crippen LogP contribution >= 0.6 is 0 Å². The number of nitrogens with one attached hydrogen (secondary N) is 2. The maximum absolute atomic E-state index is 12.7. The summed E-state index contributed by atoms with van der Waals surface area (Å²) >= 11 is 0. The van der Waals surface area contributed by atoms with Crippen LogP contribution in [0.15, 0.2) is 77.7 Å². The van der Waals surface area contributed by atoms with Crippen LogP contribution in [0.1, 0.15) is 34.7 Å². The largest absolute Gasteiger partial charge is 0.435 e. The van der Waals surface area contributed by atoms with E-state index in [0.717, 1.165) is 16.7 Å². The molecule has 0 spiro atoms. The van der Waals surface area contributed by atoms with Gasteiger partial charge in [0, 0.05) is 13.0 Å². The number of ether oxygens (including phenoxy) is 1. The molecule has 0 unspecified atom stereocenters. The average Bonchev–Trinajstić information content (AvgIpc) is 2.80. The molecular weight excluding hydrogens is 462 g/mol. The maximum Gasteiger partial charge on any atom is 0.387 e. The van der Waals surface area contributed by atoms with Crippen molar-refractivity contribution in [2.75, 3.05) is 6.54 Å². The Kier molecular flexibility index (Phi) is 8.36. The summed E-state index contributed by atoms with van der Waals surface area (Å²) in [5.41, 5.74) is 3.29. The molecule has 0 aliphatic heterocycles. The number of sulfonamides is 1. The van der Waals surface area contributed by atoms with Gasteiger partial charge < -0.3 is 10.1 Å². The zero-order chi connectivity index (χ0) is 24.7. The van der Waals surface area contributed by atoms with Crippen molar-refractivity contribution in [3.8, 4) is 5.75 Å². The SMILES string of the molecule is Cc1ccc(S(=O)(=O)NCCC(=O)N[C@@H](c2ccccc2)c2ccc(OC(F)F)cc2)cc1C. The maximum atomic E-state index is 12.7. The van der Waals surface area contributed by atoms with Gasteiger partial charge in [0.1, 0.15) is 5.75 Å². The molecule has 2 N–H and O–H groups in total. The molecular formula is C25H26F2N2O4S. The molecule has 0 saturated carbocycles. The van der Waals surface area contributed by atoms with Gasteiger partial charge in [-0.15, -0.1) is 0 Å². The van der Waals surface area contributed by atoms with Gasteiger partial charge >= 0.3 is 6.61 Å². The minimum absolute atomic E-state index is 0.0117. The van der Waals surface area contributed by atoms with Crippen LogP contribution in [-0.4, -0.2) is 27.5 Å². The molecule has 34 heavy (non-hydrogen) atoms. The van der Waals surface area contributed by atoms with Crippen molar-refractivity contribution in [2.24, 2.45) is 0 Å². The van der Waals surface area contributed by atoms with Gasteiger partial charge in [0.25, 0.3) is 0 Å². The summed E-state index contributed by atoms with van der Waals surface area (Å²) < 4.78 is 56.8. The molecule has 3 aromatic carbocycles. The number of rotatable bonds is 10. The van der Waals surface area contributed by atoms with Crippen molar-refractivity contribution in [3.63, 3.8) is 0 Å². The zero-order valence-electron chi connectivity index (χ0n) is 18.8. The Hall–Kier alpha value is -3.30. The topological polar surface area (TPSA) is 84.5 Å². The average molecular weight is 489 g/mol. The summed E-state index contributed by atoms with van der Waals surface area (Å²) in [6, 6.07) is 19.4. The lowest BCUT2D eigenvalue weighted by Gasteiger charge is -2.20. The lowest BCUT2D eigenvalue weighted by atomic mass is 9.98. The van der Waals surface area contributed by atoms with E-state index >= 15 is 0 Å². The summed E-state index contributed by atoms with van der Waals surface area (Å²) in [5.74, 6) is -0.359. The molecule has 0 radical (unpaired) electrons. The predicted molar refractivity (Wildman–Crippen MR) is 125 cm³/mol. The van der Waals surface area contributed by atoms with Crippen molar-refractivity contribution in [3.05, 3.63) is 95.1 Å². The summed E-state index contributed by atoms with van der Waals surface area (Å²) in [7, 11) is -3.75. The Morgan fingerprint density at radius 3 is 2.18 bits per heavy atom. The van der Waals surface area contributed by atoms with E-state index in [9.17, 15) is 22.0 Å². The Labute approximate surface area is 198 Å². The van der Waals surface area contributed by atoms with Crippen LogP contribution in [0, 0.1) is 13.8 Å². The van der Waals surface area contributed by atoms with Gasteiger partial charge in [0.05, 0.1) is 10.9 Å². The van der Waals surface area contributed by atoms with Gasteiger partial charge in [0.15, 0.2) is 0 Å². The third kappa shape index (κ3) is 6.85. The predicted octanol–water partition coefficient (Wildman–Crippen LogP) is 4.48. The van der Waals surface area contributed by atoms with Crippen LogP contribution in [0.25, 0.3) is 0 Å². The van der Waals surface area contributed by atoms with Crippen molar-refractivity contribution in [2.45, 2.75) is 37.8 Å². The molecule has 0 saturated heterocycles. The van der Waals surface area contributed by atoms with Gasteiger partial charge in [-0.2, -0.15) is 8.78 Å². The van der Waals surface area contributed by atoms with Crippen molar-refractivity contribution < 1.29 is 26.7 Å². The van der Waals surface area contributed by atoms with E-state index in [4.69, 9.17) is 0 Å². The molecule has 180 valence electrons. The van der Waals surface area contributed by atoms with Crippen LogP contribution in [0.5, 0.6) is 5.75 Å². The molecule has 0 aliphatic carbocycles. The second-order valence-electron chi connectivity index (χ2n) is 7.75. The summed E-state index contributed by atoms with van der Waals surface area (Å²) in [6.45, 7) is 0.719. The lowest BCUT2D eigenvalue weighted by Crippen LogP contribution is -2.33. The van der Waals surface area contributed by atoms with Crippen molar-refractivity contribution >= 4 is 15.9 Å². The van der Waals surface area contributed by atoms with E-state index in [2.05, 4.69) is 14.8 Å². The molecule has 0 aliphatic rings. The number of carbonyl (C=O) groups is 1. The lowest BCUT2D eigenvalue weighted by molar-refractivity contribution is -0.121. The highest BCUT2D eigenvalue weighted by molar-refractivity contribution is 7.89. The van der Waals surface area contributed by atoms with E-state index in [1.54, 1.807) is 24.3 Å². The number of hydrogen-bond acceptors (Lipinski definition) is 4. The highest BCUT2D eigenvalue weighted by atomic mass is 32.2. The van der Waals surface area contributed by atoms with E-state index in [1.165, 1.54) is 18.2 Å². The van der Waals surface area contributed by atoms with Crippen molar-refractivity contribution in [1.82, 2.24) is 10.0 Å². The highest BCUT2D eigenvalue weighted by Crippen LogP contribution is 2.25. The smallest absolute Gasteiger partial charge is 0.387 e. The van der Waals surface area contributed by atoms with Crippen molar-refractivity contribution in [1.29, 1.82) is 0 Å². The first-order valence-corrected chi connectivity index (χ1v) is 12.1. The molecule has 9 heteroatoms. The number of aryl methyl sites for hydroxylation is 2. The molecule has 0 fully saturated rings.